The molecular formula is C12H14N4O. The van der Waals surface area contributed by atoms with Crippen LogP contribution in [-0.2, 0) is 13.0 Å². The normalized spacial score (nSPS) is 10.5. The zero-order valence-corrected chi connectivity index (χ0v) is 9.60. The maximum atomic E-state index is 11.5. The molecule has 0 fully saturated rings. The topological polar surface area (TPSA) is 84.7 Å². The minimum absolute atomic E-state index is 0.186. The molecule has 0 aliphatic carbocycles. The van der Waals surface area contributed by atoms with Gasteiger partial charge in [0.2, 0.25) is 0 Å². The molecular weight excluding hydrogens is 216 g/mol. The van der Waals surface area contributed by atoms with E-state index in [0.717, 1.165) is 17.5 Å². The molecule has 88 valence electrons. The van der Waals surface area contributed by atoms with Gasteiger partial charge in [0.05, 0.1) is 5.69 Å². The second kappa shape index (κ2) is 4.88. The number of H-pyrrole nitrogens is 1. The highest BCUT2D eigenvalue weighted by molar-refractivity contribution is 5.59. The lowest BCUT2D eigenvalue weighted by Crippen LogP contribution is -2.13. The molecule has 0 saturated heterocycles. The van der Waals surface area contributed by atoms with Crippen molar-refractivity contribution in [3.8, 4) is 11.4 Å². The standard InChI is InChI=1S/C12H14N4O/c1-2-8-7-14-4-3-10(8)12-15-9(6-13)5-11(17)16-12/h3-5,7H,2,6,13H2,1H3,(H,15,16,17). The number of hydrogen-bond acceptors (Lipinski definition) is 4. The molecule has 2 aromatic heterocycles. The van der Waals surface area contributed by atoms with Gasteiger partial charge in [0.25, 0.3) is 5.56 Å². The number of aryl methyl sites for hydroxylation is 1. The second-order valence-corrected chi connectivity index (χ2v) is 3.68. The Kier molecular flexibility index (Phi) is 3.30. The Morgan fingerprint density at radius 1 is 1.47 bits per heavy atom. The van der Waals surface area contributed by atoms with Crippen molar-refractivity contribution in [2.45, 2.75) is 19.9 Å². The van der Waals surface area contributed by atoms with Gasteiger partial charge in [-0.25, -0.2) is 4.98 Å². The van der Waals surface area contributed by atoms with Gasteiger partial charge in [-0.1, -0.05) is 6.92 Å². The maximum absolute atomic E-state index is 11.5. The van der Waals surface area contributed by atoms with Crippen molar-refractivity contribution in [1.82, 2.24) is 15.0 Å². The lowest BCUT2D eigenvalue weighted by atomic mass is 10.1. The summed E-state index contributed by atoms with van der Waals surface area (Å²) in [5, 5.41) is 0. The van der Waals surface area contributed by atoms with Crippen LogP contribution in [-0.4, -0.2) is 15.0 Å². The molecule has 0 aliphatic rings. The lowest BCUT2D eigenvalue weighted by molar-refractivity contribution is 0.951. The van der Waals surface area contributed by atoms with Gasteiger partial charge in [0, 0.05) is 30.6 Å². The van der Waals surface area contributed by atoms with E-state index in [0.29, 0.717) is 11.5 Å². The number of hydrogen-bond donors (Lipinski definition) is 2. The van der Waals surface area contributed by atoms with Crippen LogP contribution in [0.2, 0.25) is 0 Å². The Hall–Kier alpha value is -2.01. The molecule has 0 aromatic carbocycles. The zero-order chi connectivity index (χ0) is 12.3. The molecule has 0 aliphatic heterocycles. The highest BCUT2D eigenvalue weighted by Crippen LogP contribution is 2.18. The van der Waals surface area contributed by atoms with E-state index in [1.165, 1.54) is 6.07 Å². The van der Waals surface area contributed by atoms with Crippen LogP contribution in [0.5, 0.6) is 0 Å². The van der Waals surface area contributed by atoms with Crippen LogP contribution in [0.1, 0.15) is 18.2 Å². The van der Waals surface area contributed by atoms with Crippen molar-refractivity contribution in [2.24, 2.45) is 5.73 Å². The smallest absolute Gasteiger partial charge is 0.251 e. The number of nitrogens with one attached hydrogen (secondary N) is 1. The van der Waals surface area contributed by atoms with Crippen molar-refractivity contribution in [3.05, 3.63) is 46.1 Å². The van der Waals surface area contributed by atoms with E-state index in [4.69, 9.17) is 5.73 Å². The Morgan fingerprint density at radius 2 is 2.29 bits per heavy atom. The van der Waals surface area contributed by atoms with Crippen LogP contribution in [0.4, 0.5) is 0 Å². The van der Waals surface area contributed by atoms with Crippen molar-refractivity contribution < 1.29 is 0 Å². The Bertz CT molecular complexity index is 577. The van der Waals surface area contributed by atoms with Gasteiger partial charge in [-0.15, -0.1) is 0 Å². The van der Waals surface area contributed by atoms with Crippen molar-refractivity contribution >= 4 is 0 Å². The summed E-state index contributed by atoms with van der Waals surface area (Å²) in [6.45, 7) is 2.29. The van der Waals surface area contributed by atoms with Gasteiger partial charge in [-0.3, -0.25) is 9.78 Å². The summed E-state index contributed by atoms with van der Waals surface area (Å²) in [6, 6.07) is 3.26. The molecule has 5 heteroatoms. The Balaban J connectivity index is 2.59. The van der Waals surface area contributed by atoms with E-state index in [9.17, 15) is 4.79 Å². The van der Waals surface area contributed by atoms with Crippen LogP contribution in [0, 0.1) is 0 Å². The van der Waals surface area contributed by atoms with Crippen LogP contribution in [0.3, 0.4) is 0 Å². The van der Waals surface area contributed by atoms with Crippen molar-refractivity contribution in [1.29, 1.82) is 0 Å². The first-order valence-corrected chi connectivity index (χ1v) is 5.48. The van der Waals surface area contributed by atoms with Gasteiger partial charge < -0.3 is 10.7 Å². The molecule has 0 saturated carbocycles. The Labute approximate surface area is 98.7 Å². The molecule has 2 heterocycles. The summed E-state index contributed by atoms with van der Waals surface area (Å²) < 4.78 is 0. The fourth-order valence-corrected chi connectivity index (χ4v) is 1.68. The van der Waals surface area contributed by atoms with Gasteiger partial charge in [0.1, 0.15) is 5.82 Å². The van der Waals surface area contributed by atoms with Gasteiger partial charge in [-0.05, 0) is 18.1 Å². The highest BCUT2D eigenvalue weighted by atomic mass is 16.1. The molecule has 2 aromatic rings. The highest BCUT2D eigenvalue weighted by Gasteiger charge is 2.07. The van der Waals surface area contributed by atoms with E-state index < -0.39 is 0 Å². The lowest BCUT2D eigenvalue weighted by Gasteiger charge is -2.07. The monoisotopic (exact) mass is 230 g/mol. The third kappa shape index (κ3) is 2.39. The summed E-state index contributed by atoms with van der Waals surface area (Å²) >= 11 is 0. The van der Waals surface area contributed by atoms with Gasteiger partial charge >= 0.3 is 0 Å². The average Bonchev–Trinajstić information content (AvgIpc) is 2.37. The quantitative estimate of drug-likeness (QED) is 0.818. The van der Waals surface area contributed by atoms with Crippen LogP contribution in [0.25, 0.3) is 11.4 Å². The van der Waals surface area contributed by atoms with E-state index in [1.54, 1.807) is 12.4 Å². The summed E-state index contributed by atoms with van der Waals surface area (Å²) in [6.07, 6.45) is 4.30. The van der Waals surface area contributed by atoms with Gasteiger partial charge in [-0.2, -0.15) is 0 Å². The first-order chi connectivity index (χ1) is 8.24. The molecule has 3 N–H and O–H groups in total. The molecule has 0 bridgehead atoms. The molecule has 2 rings (SSSR count). The molecule has 5 nitrogen and oxygen atoms in total. The number of rotatable bonds is 3. The summed E-state index contributed by atoms with van der Waals surface area (Å²) in [5.41, 5.74) is 7.85. The zero-order valence-electron chi connectivity index (χ0n) is 9.60. The van der Waals surface area contributed by atoms with Crippen LogP contribution < -0.4 is 11.3 Å². The van der Waals surface area contributed by atoms with Crippen LogP contribution in [0.15, 0.2) is 29.3 Å². The second-order valence-electron chi connectivity index (χ2n) is 3.68. The number of nitrogens with zero attached hydrogens (tertiary/aromatic N) is 2. The number of pyridine rings is 1. The third-order valence-corrected chi connectivity index (χ3v) is 2.54. The van der Waals surface area contributed by atoms with E-state index in [2.05, 4.69) is 15.0 Å². The van der Waals surface area contributed by atoms with E-state index >= 15 is 0 Å². The van der Waals surface area contributed by atoms with Crippen LogP contribution >= 0.6 is 0 Å². The van der Waals surface area contributed by atoms with Crippen molar-refractivity contribution in [3.63, 3.8) is 0 Å². The van der Waals surface area contributed by atoms with Crippen molar-refractivity contribution in [2.75, 3.05) is 0 Å². The largest absolute Gasteiger partial charge is 0.325 e. The number of aromatic amines is 1. The predicted molar refractivity (Wildman–Crippen MR) is 65.4 cm³/mol. The third-order valence-electron chi connectivity index (χ3n) is 2.54. The Morgan fingerprint density at radius 3 is 3.00 bits per heavy atom. The molecule has 0 atom stereocenters. The molecule has 0 spiro atoms. The average molecular weight is 230 g/mol. The van der Waals surface area contributed by atoms with Gasteiger partial charge in [0.15, 0.2) is 0 Å². The molecule has 0 radical (unpaired) electrons. The maximum Gasteiger partial charge on any atom is 0.251 e. The molecule has 17 heavy (non-hydrogen) atoms. The fraction of sp³-hybridized carbons (Fsp3) is 0.250. The number of nitrogens with two attached hydrogens (primary N) is 1. The number of aromatic nitrogens is 3. The minimum atomic E-state index is -0.186. The molecule has 0 unspecified atom stereocenters. The molecule has 0 amide bonds. The first-order valence-electron chi connectivity index (χ1n) is 5.48. The predicted octanol–water partition coefficient (Wildman–Crippen LogP) is 0.853. The summed E-state index contributed by atoms with van der Waals surface area (Å²) in [5.74, 6) is 0.553. The minimum Gasteiger partial charge on any atom is -0.325 e. The fourth-order valence-electron chi connectivity index (χ4n) is 1.68. The van der Waals surface area contributed by atoms with E-state index in [1.807, 2.05) is 13.0 Å². The first kappa shape index (κ1) is 11.5. The van der Waals surface area contributed by atoms with E-state index in [-0.39, 0.29) is 12.1 Å². The summed E-state index contributed by atoms with van der Waals surface area (Å²) in [7, 11) is 0. The SMILES string of the molecule is CCc1cnccc1-c1nc(CN)cc(=O)[nH]1. The summed E-state index contributed by atoms with van der Waals surface area (Å²) in [4.78, 5) is 22.6.